The van der Waals surface area contributed by atoms with Crippen molar-refractivity contribution in [1.29, 1.82) is 0 Å². The lowest BCUT2D eigenvalue weighted by Gasteiger charge is -2.43. The van der Waals surface area contributed by atoms with E-state index in [1.165, 1.54) is 5.56 Å². The average molecular weight is 333 g/mol. The first-order valence-electron chi connectivity index (χ1n) is 9.15. The van der Waals surface area contributed by atoms with Crippen LogP contribution in [0.3, 0.4) is 0 Å². The van der Waals surface area contributed by atoms with Gasteiger partial charge in [0, 0.05) is 56.6 Å². The van der Waals surface area contributed by atoms with Crippen LogP contribution in [0.5, 0.6) is 0 Å². The third kappa shape index (κ3) is 4.13. The van der Waals surface area contributed by atoms with E-state index in [1.807, 2.05) is 18.5 Å². The Morgan fingerprint density at radius 3 is 2.96 bits per heavy atom. The Bertz CT molecular complexity index is 493. The zero-order chi connectivity index (χ0) is 16.8. The van der Waals surface area contributed by atoms with E-state index in [1.54, 1.807) is 0 Å². The van der Waals surface area contributed by atoms with Gasteiger partial charge in [-0.05, 0) is 25.0 Å². The predicted octanol–water partition coefficient (Wildman–Crippen LogP) is 0.937. The Morgan fingerprint density at radius 2 is 2.25 bits per heavy atom. The van der Waals surface area contributed by atoms with Gasteiger partial charge in [-0.15, -0.1) is 0 Å². The molecule has 3 heterocycles. The fraction of sp³-hybridized carbons (Fsp3) is 0.722. The largest absolute Gasteiger partial charge is 0.379 e. The molecule has 3 unspecified atom stereocenters. The Labute approximate surface area is 145 Å². The van der Waals surface area contributed by atoms with Crippen LogP contribution in [-0.4, -0.2) is 61.4 Å². The Morgan fingerprint density at radius 1 is 1.42 bits per heavy atom. The number of nitrogens with zero attached hydrogens (tertiary/aromatic N) is 2. The minimum absolute atomic E-state index is 0.201. The molecule has 0 amide bonds. The van der Waals surface area contributed by atoms with Crippen molar-refractivity contribution in [3.8, 4) is 0 Å². The van der Waals surface area contributed by atoms with Gasteiger partial charge < -0.3 is 10.1 Å². The summed E-state index contributed by atoms with van der Waals surface area (Å²) in [5.74, 6) is 0.528. The maximum atomic E-state index is 5.50. The van der Waals surface area contributed by atoms with Crippen molar-refractivity contribution >= 4 is 0 Å². The molecule has 0 aromatic carbocycles. The fourth-order valence-corrected chi connectivity index (χ4v) is 3.73. The maximum absolute atomic E-state index is 5.50. The summed E-state index contributed by atoms with van der Waals surface area (Å²) in [6, 6.07) is 4.48. The second-order valence-corrected chi connectivity index (χ2v) is 7.13. The van der Waals surface area contributed by atoms with Crippen molar-refractivity contribution in [2.24, 2.45) is 5.92 Å². The topological polar surface area (TPSA) is 61.5 Å². The number of morpholine rings is 1. The van der Waals surface area contributed by atoms with Crippen molar-refractivity contribution in [3.05, 3.63) is 30.1 Å². The number of hydrogen-bond acceptors (Lipinski definition) is 6. The number of ether oxygens (including phenoxy) is 1. The molecule has 0 radical (unpaired) electrons. The van der Waals surface area contributed by atoms with Crippen molar-refractivity contribution in [1.82, 2.24) is 26.1 Å². The number of hydrazine groups is 1. The highest BCUT2D eigenvalue weighted by atomic mass is 16.5. The number of nitrogens with one attached hydrogen (secondary N) is 3. The summed E-state index contributed by atoms with van der Waals surface area (Å²) in [6.07, 6.45) is 4.93. The Kier molecular flexibility index (Phi) is 6.19. The fourth-order valence-electron chi connectivity index (χ4n) is 3.73. The highest BCUT2D eigenvalue weighted by Gasteiger charge is 2.32. The molecule has 0 bridgehead atoms. The third-order valence-electron chi connectivity index (χ3n) is 5.59. The van der Waals surface area contributed by atoms with E-state index in [2.05, 4.69) is 46.0 Å². The summed E-state index contributed by atoms with van der Waals surface area (Å²) in [6.45, 7) is 11.4. The zero-order valence-electron chi connectivity index (χ0n) is 14.9. The summed E-state index contributed by atoms with van der Waals surface area (Å²) >= 11 is 0. The van der Waals surface area contributed by atoms with Crippen LogP contribution in [-0.2, 0) is 4.74 Å². The van der Waals surface area contributed by atoms with Crippen molar-refractivity contribution in [2.75, 3.05) is 45.9 Å². The van der Waals surface area contributed by atoms with Crippen LogP contribution < -0.4 is 16.2 Å². The summed E-state index contributed by atoms with van der Waals surface area (Å²) < 4.78 is 5.50. The lowest BCUT2D eigenvalue weighted by Crippen LogP contribution is -2.56. The SMILES string of the molecule is CCC(C)(CNCC1CNNC1c1cccnc1)N1CCOCC1. The minimum Gasteiger partial charge on any atom is -0.379 e. The van der Waals surface area contributed by atoms with Crippen LogP contribution in [0.2, 0.25) is 0 Å². The molecule has 0 aliphatic carbocycles. The molecule has 3 atom stereocenters. The molecule has 0 spiro atoms. The van der Waals surface area contributed by atoms with Crippen LogP contribution in [0.4, 0.5) is 0 Å². The van der Waals surface area contributed by atoms with Crippen LogP contribution >= 0.6 is 0 Å². The van der Waals surface area contributed by atoms with Gasteiger partial charge in [0.1, 0.15) is 0 Å². The predicted molar refractivity (Wildman–Crippen MR) is 95.6 cm³/mol. The number of aromatic nitrogens is 1. The second-order valence-electron chi connectivity index (χ2n) is 7.13. The van der Waals surface area contributed by atoms with E-state index in [-0.39, 0.29) is 5.54 Å². The molecule has 2 aliphatic rings. The van der Waals surface area contributed by atoms with E-state index in [9.17, 15) is 0 Å². The second kappa shape index (κ2) is 8.36. The van der Waals surface area contributed by atoms with Gasteiger partial charge in [0.15, 0.2) is 0 Å². The van der Waals surface area contributed by atoms with Crippen molar-refractivity contribution in [3.63, 3.8) is 0 Å². The molecule has 3 N–H and O–H groups in total. The minimum atomic E-state index is 0.201. The van der Waals surface area contributed by atoms with E-state index < -0.39 is 0 Å². The number of pyridine rings is 1. The van der Waals surface area contributed by atoms with E-state index in [4.69, 9.17) is 4.74 Å². The van der Waals surface area contributed by atoms with Gasteiger partial charge in [-0.1, -0.05) is 13.0 Å². The summed E-state index contributed by atoms with van der Waals surface area (Å²) in [7, 11) is 0. The van der Waals surface area contributed by atoms with Gasteiger partial charge in [-0.25, -0.2) is 5.43 Å². The quantitative estimate of drug-likeness (QED) is 0.690. The molecular formula is C18H31N5O. The highest BCUT2D eigenvalue weighted by Crippen LogP contribution is 2.24. The van der Waals surface area contributed by atoms with Gasteiger partial charge in [-0.2, -0.15) is 0 Å². The van der Waals surface area contributed by atoms with Gasteiger partial charge >= 0.3 is 0 Å². The van der Waals surface area contributed by atoms with Gasteiger partial charge in [0.2, 0.25) is 0 Å². The normalized spacial score (nSPS) is 27.9. The first-order valence-corrected chi connectivity index (χ1v) is 9.15. The van der Waals surface area contributed by atoms with Crippen molar-refractivity contribution in [2.45, 2.75) is 31.8 Å². The third-order valence-corrected chi connectivity index (χ3v) is 5.59. The summed E-state index contributed by atoms with van der Waals surface area (Å²) in [5, 5.41) is 3.73. The van der Waals surface area contributed by atoms with Crippen LogP contribution in [0, 0.1) is 5.92 Å². The molecule has 2 saturated heterocycles. The molecule has 24 heavy (non-hydrogen) atoms. The summed E-state index contributed by atoms with van der Waals surface area (Å²) in [4.78, 5) is 6.83. The molecule has 6 heteroatoms. The molecule has 1 aromatic heterocycles. The Hall–Kier alpha value is -1.05. The molecule has 134 valence electrons. The number of rotatable bonds is 7. The lowest BCUT2D eigenvalue weighted by atomic mass is 9.93. The zero-order valence-corrected chi connectivity index (χ0v) is 14.9. The molecular weight excluding hydrogens is 302 g/mol. The summed E-state index contributed by atoms with van der Waals surface area (Å²) in [5.41, 5.74) is 8.14. The van der Waals surface area contributed by atoms with E-state index >= 15 is 0 Å². The molecule has 2 aliphatic heterocycles. The van der Waals surface area contributed by atoms with Crippen LogP contribution in [0.25, 0.3) is 0 Å². The first kappa shape index (κ1) is 17.8. The maximum Gasteiger partial charge on any atom is 0.0594 e. The number of hydrogen-bond donors (Lipinski definition) is 3. The molecule has 0 saturated carbocycles. The van der Waals surface area contributed by atoms with Crippen molar-refractivity contribution < 1.29 is 4.74 Å². The van der Waals surface area contributed by atoms with E-state index in [0.29, 0.717) is 12.0 Å². The van der Waals surface area contributed by atoms with Crippen LogP contribution in [0.15, 0.2) is 24.5 Å². The molecule has 3 rings (SSSR count). The van der Waals surface area contributed by atoms with Gasteiger partial charge in [-0.3, -0.25) is 15.3 Å². The average Bonchev–Trinajstić information content (AvgIpc) is 3.11. The van der Waals surface area contributed by atoms with Gasteiger partial charge in [0.05, 0.1) is 19.3 Å². The molecule has 6 nitrogen and oxygen atoms in total. The van der Waals surface area contributed by atoms with Gasteiger partial charge in [0.25, 0.3) is 0 Å². The molecule has 1 aromatic rings. The van der Waals surface area contributed by atoms with E-state index in [0.717, 1.165) is 52.4 Å². The highest BCUT2D eigenvalue weighted by molar-refractivity contribution is 5.16. The Balaban J connectivity index is 1.52. The lowest BCUT2D eigenvalue weighted by molar-refractivity contribution is -0.0176. The first-order chi connectivity index (χ1) is 11.7. The molecule has 2 fully saturated rings. The monoisotopic (exact) mass is 333 g/mol. The standard InChI is InChI=1S/C18H31N5O/c1-3-18(2,23-7-9-24-10-8-23)14-20-12-16-13-21-22-17(16)15-5-4-6-19-11-15/h4-6,11,16-17,20-22H,3,7-10,12-14H2,1-2H3. The van der Waals surface area contributed by atoms with Crippen LogP contribution in [0.1, 0.15) is 31.9 Å². The smallest absolute Gasteiger partial charge is 0.0594 e.